The number of carbonyl (C=O) groups excluding carboxylic acids is 2. The van der Waals surface area contributed by atoms with Crippen LogP contribution in [0.25, 0.3) is 0 Å². The van der Waals surface area contributed by atoms with E-state index in [1.807, 2.05) is 30.3 Å². The summed E-state index contributed by atoms with van der Waals surface area (Å²) >= 11 is 0. The number of benzene rings is 2. The summed E-state index contributed by atoms with van der Waals surface area (Å²) in [5, 5.41) is 2.85. The largest absolute Gasteiger partial charge is 0.334 e. The van der Waals surface area contributed by atoms with Gasteiger partial charge in [0.2, 0.25) is 0 Å². The first-order chi connectivity index (χ1) is 12.6. The van der Waals surface area contributed by atoms with Gasteiger partial charge in [0.15, 0.2) is 0 Å². The molecule has 3 rings (SSSR count). The molecule has 1 aliphatic heterocycles. The maximum atomic E-state index is 12.9. The van der Waals surface area contributed by atoms with Crippen molar-refractivity contribution in [1.29, 1.82) is 0 Å². The number of likely N-dealkylation sites (tertiary alicyclic amines) is 1. The molecule has 0 radical (unpaired) electrons. The Bertz CT molecular complexity index is 746. The maximum Gasteiger partial charge on any atom is 0.317 e. The summed E-state index contributed by atoms with van der Waals surface area (Å²) in [6.07, 6.45) is 2.07. The summed E-state index contributed by atoms with van der Waals surface area (Å²) in [6, 6.07) is 15.6. The van der Waals surface area contributed by atoms with E-state index in [2.05, 4.69) is 5.32 Å². The van der Waals surface area contributed by atoms with E-state index in [0.29, 0.717) is 26.1 Å². The van der Waals surface area contributed by atoms with Crippen molar-refractivity contribution in [2.75, 3.05) is 13.1 Å². The highest BCUT2D eigenvalue weighted by atomic mass is 19.1. The first-order valence-corrected chi connectivity index (χ1v) is 8.95. The number of nitrogens with zero attached hydrogens (tertiary/aromatic N) is 1. The standard InChI is InChI=1S/C21H23FN2O2/c22-19-10-8-17(9-11-19)14-23-21(26)24-12-4-7-18(15-24)20(25)13-16-5-2-1-3-6-16/h1-3,5-6,8-11,18H,4,7,12-15H2,(H,23,26)/t18-/m0/s1. The van der Waals surface area contributed by atoms with E-state index in [1.54, 1.807) is 17.0 Å². The molecule has 1 fully saturated rings. The zero-order chi connectivity index (χ0) is 18.4. The van der Waals surface area contributed by atoms with Crippen LogP contribution >= 0.6 is 0 Å². The van der Waals surface area contributed by atoms with Crippen LogP contribution in [0.2, 0.25) is 0 Å². The van der Waals surface area contributed by atoms with Crippen LogP contribution in [-0.4, -0.2) is 29.8 Å². The molecular formula is C21H23FN2O2. The zero-order valence-corrected chi connectivity index (χ0v) is 14.7. The third kappa shape index (κ3) is 4.91. The summed E-state index contributed by atoms with van der Waals surface area (Å²) in [7, 11) is 0. The van der Waals surface area contributed by atoms with Gasteiger partial charge in [-0.1, -0.05) is 42.5 Å². The molecule has 0 aliphatic carbocycles. The quantitative estimate of drug-likeness (QED) is 0.893. The number of rotatable bonds is 5. The van der Waals surface area contributed by atoms with Crippen molar-refractivity contribution in [3.8, 4) is 0 Å². The van der Waals surface area contributed by atoms with Crippen molar-refractivity contribution in [2.24, 2.45) is 5.92 Å². The van der Waals surface area contributed by atoms with Crippen molar-refractivity contribution < 1.29 is 14.0 Å². The van der Waals surface area contributed by atoms with Gasteiger partial charge in [-0.2, -0.15) is 0 Å². The van der Waals surface area contributed by atoms with E-state index in [1.165, 1.54) is 12.1 Å². The van der Waals surface area contributed by atoms with Crippen LogP contribution in [0.5, 0.6) is 0 Å². The molecule has 2 aromatic carbocycles. The molecule has 1 N–H and O–H groups in total. The van der Waals surface area contributed by atoms with Gasteiger partial charge in [0, 0.05) is 32.0 Å². The average molecular weight is 354 g/mol. The molecule has 0 unspecified atom stereocenters. The van der Waals surface area contributed by atoms with Gasteiger partial charge in [0.1, 0.15) is 11.6 Å². The number of ketones is 1. The lowest BCUT2D eigenvalue weighted by Crippen LogP contribution is -2.47. The van der Waals surface area contributed by atoms with Gasteiger partial charge in [-0.15, -0.1) is 0 Å². The molecule has 1 atom stereocenters. The number of carbonyl (C=O) groups is 2. The predicted molar refractivity (Wildman–Crippen MR) is 98.1 cm³/mol. The van der Waals surface area contributed by atoms with E-state index in [0.717, 1.165) is 24.0 Å². The van der Waals surface area contributed by atoms with Gasteiger partial charge in [0.25, 0.3) is 0 Å². The molecule has 136 valence electrons. The van der Waals surface area contributed by atoms with E-state index in [9.17, 15) is 14.0 Å². The predicted octanol–water partition coefficient (Wildman–Crippen LogP) is 3.56. The first kappa shape index (κ1) is 18.1. The van der Waals surface area contributed by atoms with E-state index < -0.39 is 0 Å². The monoisotopic (exact) mass is 354 g/mol. The number of urea groups is 1. The summed E-state index contributed by atoms with van der Waals surface area (Å²) in [5.74, 6) is -0.219. The van der Waals surface area contributed by atoms with Crippen molar-refractivity contribution in [2.45, 2.75) is 25.8 Å². The van der Waals surface area contributed by atoms with Crippen LogP contribution in [0, 0.1) is 11.7 Å². The molecule has 1 saturated heterocycles. The fourth-order valence-electron chi connectivity index (χ4n) is 3.26. The number of amides is 2. The third-order valence-corrected chi connectivity index (χ3v) is 4.74. The van der Waals surface area contributed by atoms with Gasteiger partial charge in [0.05, 0.1) is 0 Å². The average Bonchev–Trinajstić information content (AvgIpc) is 2.68. The Morgan fingerprint density at radius 2 is 1.77 bits per heavy atom. The van der Waals surface area contributed by atoms with Crippen molar-refractivity contribution in [1.82, 2.24) is 10.2 Å². The first-order valence-electron chi connectivity index (χ1n) is 8.95. The van der Waals surface area contributed by atoms with Gasteiger partial charge in [-0.3, -0.25) is 4.79 Å². The molecule has 4 nitrogen and oxygen atoms in total. The second-order valence-electron chi connectivity index (χ2n) is 6.70. The SMILES string of the molecule is O=C(Cc1ccccc1)[C@H]1CCCN(C(=O)NCc2ccc(F)cc2)C1. The molecule has 0 aromatic heterocycles. The molecule has 0 saturated carbocycles. The van der Waals surface area contributed by atoms with Crippen LogP contribution in [0.4, 0.5) is 9.18 Å². The zero-order valence-electron chi connectivity index (χ0n) is 14.7. The van der Waals surface area contributed by atoms with Crippen molar-refractivity contribution >= 4 is 11.8 Å². The third-order valence-electron chi connectivity index (χ3n) is 4.74. The number of piperidine rings is 1. The number of Topliss-reactive ketones (excluding diaryl/α,β-unsaturated/α-hetero) is 1. The second-order valence-corrected chi connectivity index (χ2v) is 6.70. The van der Waals surface area contributed by atoms with Crippen molar-refractivity contribution in [3.05, 3.63) is 71.5 Å². The lowest BCUT2D eigenvalue weighted by atomic mass is 9.90. The fourth-order valence-corrected chi connectivity index (χ4v) is 3.26. The van der Waals surface area contributed by atoms with E-state index in [4.69, 9.17) is 0 Å². The Kier molecular flexibility index (Phi) is 6.00. The summed E-state index contributed by atoms with van der Waals surface area (Å²) in [6.45, 7) is 1.46. The Morgan fingerprint density at radius 1 is 1.04 bits per heavy atom. The minimum Gasteiger partial charge on any atom is -0.334 e. The van der Waals surface area contributed by atoms with E-state index in [-0.39, 0.29) is 23.5 Å². The minimum atomic E-state index is -0.295. The van der Waals surface area contributed by atoms with Crippen LogP contribution in [-0.2, 0) is 17.8 Å². The molecule has 1 aliphatic rings. The molecule has 1 heterocycles. The summed E-state index contributed by atoms with van der Waals surface area (Å²) in [5.41, 5.74) is 1.85. The maximum absolute atomic E-state index is 12.9. The van der Waals surface area contributed by atoms with Crippen LogP contribution in [0.3, 0.4) is 0 Å². The molecule has 0 spiro atoms. The Labute approximate surface area is 153 Å². The molecule has 5 heteroatoms. The van der Waals surface area contributed by atoms with Crippen LogP contribution in [0.15, 0.2) is 54.6 Å². The van der Waals surface area contributed by atoms with Gasteiger partial charge in [-0.25, -0.2) is 9.18 Å². The highest BCUT2D eigenvalue weighted by molar-refractivity contribution is 5.84. The molecule has 2 amide bonds. The molecular weight excluding hydrogens is 331 g/mol. The van der Waals surface area contributed by atoms with Crippen LogP contribution < -0.4 is 5.32 Å². The summed E-state index contributed by atoms with van der Waals surface area (Å²) in [4.78, 5) is 26.7. The number of nitrogens with one attached hydrogen (secondary N) is 1. The topological polar surface area (TPSA) is 49.4 Å². The van der Waals surface area contributed by atoms with Gasteiger partial charge >= 0.3 is 6.03 Å². The number of halogens is 1. The molecule has 26 heavy (non-hydrogen) atoms. The lowest BCUT2D eigenvalue weighted by Gasteiger charge is -2.32. The smallest absolute Gasteiger partial charge is 0.317 e. The lowest BCUT2D eigenvalue weighted by molar-refractivity contribution is -0.123. The highest BCUT2D eigenvalue weighted by Crippen LogP contribution is 2.19. The van der Waals surface area contributed by atoms with E-state index >= 15 is 0 Å². The Hall–Kier alpha value is -2.69. The minimum absolute atomic E-state index is 0.111. The number of hydrogen-bond donors (Lipinski definition) is 1. The number of hydrogen-bond acceptors (Lipinski definition) is 2. The van der Waals surface area contributed by atoms with Crippen molar-refractivity contribution in [3.63, 3.8) is 0 Å². The van der Waals surface area contributed by atoms with Gasteiger partial charge < -0.3 is 10.2 Å². The summed E-state index contributed by atoms with van der Waals surface area (Å²) < 4.78 is 12.9. The highest BCUT2D eigenvalue weighted by Gasteiger charge is 2.28. The van der Waals surface area contributed by atoms with Gasteiger partial charge in [-0.05, 0) is 36.1 Å². The van der Waals surface area contributed by atoms with Crippen LogP contribution in [0.1, 0.15) is 24.0 Å². The Morgan fingerprint density at radius 3 is 2.50 bits per heavy atom. The molecule has 2 aromatic rings. The second kappa shape index (κ2) is 8.61. The fraction of sp³-hybridized carbons (Fsp3) is 0.333. The molecule has 0 bridgehead atoms. The Balaban J connectivity index is 1.51. The normalized spacial score (nSPS) is 17.0.